The van der Waals surface area contributed by atoms with Gasteiger partial charge in [-0.3, -0.25) is 9.89 Å². The van der Waals surface area contributed by atoms with Crippen LogP contribution in [-0.4, -0.2) is 46.7 Å². The van der Waals surface area contributed by atoms with Crippen molar-refractivity contribution in [2.75, 3.05) is 19.6 Å². The molecule has 1 saturated heterocycles. The molecule has 6 heteroatoms. The molecule has 1 amide bonds. The minimum absolute atomic E-state index is 0. The number of piperidine rings is 1. The van der Waals surface area contributed by atoms with Crippen LogP contribution in [0.4, 0.5) is 0 Å². The van der Waals surface area contributed by atoms with Gasteiger partial charge in [0.05, 0.1) is 5.69 Å². The average Bonchev–Trinajstić information content (AvgIpc) is 3.11. The number of hydrogen-bond donors (Lipinski definition) is 2. The van der Waals surface area contributed by atoms with Crippen LogP contribution >= 0.6 is 12.4 Å². The molecule has 5 nitrogen and oxygen atoms in total. The number of H-pyrrole nitrogens is 1. The fourth-order valence-corrected chi connectivity index (χ4v) is 3.15. The lowest BCUT2D eigenvalue weighted by Crippen LogP contribution is -2.46. The van der Waals surface area contributed by atoms with Gasteiger partial charge in [0, 0.05) is 18.2 Å². The molecular weight excluding hydrogens is 324 g/mol. The van der Waals surface area contributed by atoms with Gasteiger partial charge in [-0.2, -0.15) is 5.10 Å². The van der Waals surface area contributed by atoms with Gasteiger partial charge in [0.25, 0.3) is 5.91 Å². The van der Waals surface area contributed by atoms with Crippen molar-refractivity contribution in [3.05, 3.63) is 42.1 Å². The summed E-state index contributed by atoms with van der Waals surface area (Å²) in [6.07, 6.45) is 3.01. The molecular formula is C18H25ClN4O. The molecule has 2 N–H and O–H groups in total. The van der Waals surface area contributed by atoms with E-state index in [-0.39, 0.29) is 18.3 Å². The van der Waals surface area contributed by atoms with Crippen LogP contribution in [0.15, 0.2) is 36.4 Å². The number of halogens is 1. The third-order valence-electron chi connectivity index (χ3n) is 4.35. The number of nitrogens with one attached hydrogen (secondary N) is 2. The number of nitrogens with zero attached hydrogens (tertiary/aromatic N) is 2. The van der Waals surface area contributed by atoms with Crippen molar-refractivity contribution in [2.24, 2.45) is 0 Å². The van der Waals surface area contributed by atoms with Crippen molar-refractivity contribution in [1.29, 1.82) is 0 Å². The second-order valence-electron chi connectivity index (χ2n) is 6.01. The number of hydrogen-bond acceptors (Lipinski definition) is 3. The van der Waals surface area contributed by atoms with E-state index in [4.69, 9.17) is 0 Å². The molecule has 24 heavy (non-hydrogen) atoms. The Morgan fingerprint density at radius 1 is 1.25 bits per heavy atom. The summed E-state index contributed by atoms with van der Waals surface area (Å²) in [5, 5.41) is 10.6. The van der Waals surface area contributed by atoms with Gasteiger partial charge in [-0.1, -0.05) is 37.3 Å². The van der Waals surface area contributed by atoms with Crippen molar-refractivity contribution in [1.82, 2.24) is 20.4 Å². The smallest absolute Gasteiger partial charge is 0.272 e. The van der Waals surface area contributed by atoms with Gasteiger partial charge >= 0.3 is 0 Å². The number of rotatable bonds is 5. The lowest BCUT2D eigenvalue weighted by atomic mass is 10.0. The molecule has 2 heterocycles. The van der Waals surface area contributed by atoms with Crippen molar-refractivity contribution >= 4 is 18.3 Å². The Bertz CT molecular complexity index is 637. The largest absolute Gasteiger partial charge is 0.334 e. The Balaban J connectivity index is 0.00000208. The zero-order valence-corrected chi connectivity index (χ0v) is 14.8. The topological polar surface area (TPSA) is 61.0 Å². The van der Waals surface area contributed by atoms with Crippen molar-refractivity contribution in [3.63, 3.8) is 0 Å². The summed E-state index contributed by atoms with van der Waals surface area (Å²) in [6.45, 7) is 4.87. The first kappa shape index (κ1) is 18.5. The molecule has 0 aliphatic carbocycles. The lowest BCUT2D eigenvalue weighted by molar-refractivity contribution is 0.0636. The summed E-state index contributed by atoms with van der Waals surface area (Å²) in [4.78, 5) is 14.9. The van der Waals surface area contributed by atoms with Crippen LogP contribution in [-0.2, 0) is 0 Å². The van der Waals surface area contributed by atoms with E-state index in [0.717, 1.165) is 50.2 Å². The number of aromatic nitrogens is 2. The number of aromatic amines is 1. The maximum atomic E-state index is 12.9. The molecule has 0 bridgehead atoms. The molecule has 2 aromatic rings. The second kappa shape index (κ2) is 8.85. The minimum Gasteiger partial charge on any atom is -0.334 e. The van der Waals surface area contributed by atoms with Gasteiger partial charge < -0.3 is 10.2 Å². The number of carbonyl (C=O) groups is 1. The highest BCUT2D eigenvalue weighted by Gasteiger charge is 2.26. The Morgan fingerprint density at radius 3 is 2.62 bits per heavy atom. The van der Waals surface area contributed by atoms with Crippen molar-refractivity contribution < 1.29 is 4.79 Å². The maximum absolute atomic E-state index is 12.9. The maximum Gasteiger partial charge on any atom is 0.272 e. The van der Waals surface area contributed by atoms with Crippen molar-refractivity contribution in [2.45, 2.75) is 32.2 Å². The molecule has 0 atom stereocenters. The standard InChI is InChI=1S/C18H24N4O.ClH/c1-2-12-22(15-8-10-19-11-9-15)18(23)17-13-16(20-21-17)14-6-4-3-5-7-14;/h3-7,13,15,19H,2,8-12H2,1H3,(H,20,21);1H. The van der Waals surface area contributed by atoms with Gasteiger partial charge in [0.2, 0.25) is 0 Å². The first-order valence-electron chi connectivity index (χ1n) is 8.42. The predicted octanol–water partition coefficient (Wildman–Crippen LogP) is 3.10. The van der Waals surface area contributed by atoms with E-state index in [9.17, 15) is 4.79 Å². The monoisotopic (exact) mass is 348 g/mol. The molecule has 0 radical (unpaired) electrons. The van der Waals surface area contributed by atoms with Crippen LogP contribution in [0.2, 0.25) is 0 Å². The molecule has 1 aromatic carbocycles. The molecule has 1 aromatic heterocycles. The summed E-state index contributed by atoms with van der Waals surface area (Å²) >= 11 is 0. The minimum atomic E-state index is 0. The molecule has 1 aliphatic heterocycles. The van der Waals surface area contributed by atoms with Gasteiger partial charge in [-0.15, -0.1) is 12.4 Å². The quantitative estimate of drug-likeness (QED) is 0.872. The third-order valence-corrected chi connectivity index (χ3v) is 4.35. The molecule has 1 aliphatic rings. The average molecular weight is 349 g/mol. The predicted molar refractivity (Wildman–Crippen MR) is 98.5 cm³/mol. The fourth-order valence-electron chi connectivity index (χ4n) is 3.15. The zero-order chi connectivity index (χ0) is 16.1. The Kier molecular flexibility index (Phi) is 6.82. The first-order valence-corrected chi connectivity index (χ1v) is 8.42. The van der Waals surface area contributed by atoms with Crippen LogP contribution in [0.1, 0.15) is 36.7 Å². The first-order chi connectivity index (χ1) is 11.3. The molecule has 0 spiro atoms. The molecule has 3 rings (SSSR count). The van der Waals surface area contributed by atoms with E-state index >= 15 is 0 Å². The van der Waals surface area contributed by atoms with Gasteiger partial charge in [0.1, 0.15) is 5.69 Å². The summed E-state index contributed by atoms with van der Waals surface area (Å²) in [5.41, 5.74) is 2.42. The number of carbonyl (C=O) groups excluding carboxylic acids is 1. The van der Waals surface area contributed by atoms with Crippen LogP contribution in [0, 0.1) is 0 Å². The molecule has 0 saturated carbocycles. The van der Waals surface area contributed by atoms with Gasteiger partial charge in [-0.05, 0) is 38.4 Å². The van der Waals surface area contributed by atoms with E-state index < -0.39 is 0 Å². The highest BCUT2D eigenvalue weighted by atomic mass is 35.5. The van der Waals surface area contributed by atoms with Crippen LogP contribution < -0.4 is 5.32 Å². The summed E-state index contributed by atoms with van der Waals surface area (Å²) in [6, 6.07) is 12.1. The number of amides is 1. The van der Waals surface area contributed by atoms with E-state index in [1.807, 2.05) is 41.3 Å². The van der Waals surface area contributed by atoms with Crippen LogP contribution in [0.5, 0.6) is 0 Å². The SMILES string of the molecule is CCCN(C(=O)c1cc(-c2ccccc2)n[nH]1)C1CCNCC1.Cl. The highest BCUT2D eigenvalue weighted by molar-refractivity contribution is 5.93. The van der Waals surface area contributed by atoms with E-state index in [1.165, 1.54) is 0 Å². The molecule has 0 unspecified atom stereocenters. The van der Waals surface area contributed by atoms with Crippen molar-refractivity contribution in [3.8, 4) is 11.3 Å². The van der Waals surface area contributed by atoms with Gasteiger partial charge in [-0.25, -0.2) is 0 Å². The van der Waals surface area contributed by atoms with Gasteiger partial charge in [0.15, 0.2) is 0 Å². The molecule has 1 fully saturated rings. The Morgan fingerprint density at radius 2 is 1.96 bits per heavy atom. The Hall–Kier alpha value is -1.85. The van der Waals surface area contributed by atoms with E-state index in [1.54, 1.807) is 0 Å². The number of benzene rings is 1. The van der Waals surface area contributed by atoms with Crippen LogP contribution in [0.3, 0.4) is 0 Å². The van der Waals surface area contributed by atoms with Crippen LogP contribution in [0.25, 0.3) is 11.3 Å². The Labute approximate surface area is 149 Å². The summed E-state index contributed by atoms with van der Waals surface area (Å²) < 4.78 is 0. The summed E-state index contributed by atoms with van der Waals surface area (Å²) in [7, 11) is 0. The fraction of sp³-hybridized carbons (Fsp3) is 0.444. The normalized spacial score (nSPS) is 14.9. The zero-order valence-electron chi connectivity index (χ0n) is 14.0. The highest BCUT2D eigenvalue weighted by Crippen LogP contribution is 2.20. The third kappa shape index (κ3) is 4.16. The molecule has 130 valence electrons. The van der Waals surface area contributed by atoms with E-state index in [2.05, 4.69) is 22.4 Å². The lowest BCUT2D eigenvalue weighted by Gasteiger charge is -2.34. The van der Waals surface area contributed by atoms with E-state index in [0.29, 0.717) is 11.7 Å². The second-order valence-corrected chi connectivity index (χ2v) is 6.01. The summed E-state index contributed by atoms with van der Waals surface area (Å²) in [5.74, 6) is 0.0634.